The maximum absolute atomic E-state index is 13.4. The second kappa shape index (κ2) is 8.88. The second-order valence-electron chi connectivity index (χ2n) is 6.17. The van der Waals surface area contributed by atoms with E-state index < -0.39 is 17.7 Å². The molecule has 0 saturated carbocycles. The normalized spacial score (nSPS) is 12.0. The fourth-order valence-electron chi connectivity index (χ4n) is 2.99. The van der Waals surface area contributed by atoms with Crippen LogP contribution < -0.4 is 0 Å². The molecular weight excluding hydrogens is 357 g/mol. The lowest BCUT2D eigenvalue weighted by atomic mass is 10.1. The molecule has 4 nitrogen and oxygen atoms in total. The smallest absolute Gasteiger partial charge is 0.418 e. The molecule has 2 rings (SSSR count). The zero-order chi connectivity index (χ0) is 20.0. The minimum Gasteiger partial charge on any atom is -0.478 e. The number of para-hydroxylation sites is 1. The van der Waals surface area contributed by atoms with Gasteiger partial charge in [0.25, 0.3) is 0 Å². The van der Waals surface area contributed by atoms with E-state index >= 15 is 0 Å². The predicted octanol–water partition coefficient (Wildman–Crippen LogP) is 5.44. The lowest BCUT2D eigenvalue weighted by Crippen LogP contribution is -2.14. The molecule has 146 valence electrons. The third-order valence-electron chi connectivity index (χ3n) is 4.14. The van der Waals surface area contributed by atoms with Gasteiger partial charge in [-0.25, -0.2) is 9.48 Å². The Labute approximate surface area is 156 Å². The van der Waals surface area contributed by atoms with Crippen LogP contribution in [0.15, 0.2) is 36.4 Å². The van der Waals surface area contributed by atoms with E-state index in [1.807, 2.05) is 26.0 Å². The number of alkyl halides is 3. The van der Waals surface area contributed by atoms with Gasteiger partial charge in [0.05, 0.1) is 22.6 Å². The lowest BCUT2D eigenvalue weighted by molar-refractivity contribution is -0.137. The van der Waals surface area contributed by atoms with Crippen LogP contribution in [0.2, 0.25) is 0 Å². The van der Waals surface area contributed by atoms with Gasteiger partial charge >= 0.3 is 12.1 Å². The minimum absolute atomic E-state index is 0.0127. The number of rotatable bonds is 8. The summed E-state index contributed by atoms with van der Waals surface area (Å²) in [7, 11) is 0. The number of carboxylic acid groups (broad SMARTS) is 1. The summed E-state index contributed by atoms with van der Waals surface area (Å²) in [5.74, 6) is -1.16. The zero-order valence-corrected chi connectivity index (χ0v) is 15.4. The summed E-state index contributed by atoms with van der Waals surface area (Å²) in [6.45, 7) is 3.84. The molecule has 2 aromatic rings. The molecule has 1 heterocycles. The van der Waals surface area contributed by atoms with Gasteiger partial charge in [-0.3, -0.25) is 0 Å². The van der Waals surface area contributed by atoms with Crippen molar-refractivity contribution < 1.29 is 23.1 Å². The topological polar surface area (TPSA) is 55.1 Å². The van der Waals surface area contributed by atoms with Crippen LogP contribution in [0.4, 0.5) is 13.2 Å². The fraction of sp³-hybridized carbons (Fsp3) is 0.400. The third kappa shape index (κ3) is 4.78. The molecule has 0 saturated heterocycles. The largest absolute Gasteiger partial charge is 0.478 e. The molecule has 0 radical (unpaired) electrons. The van der Waals surface area contributed by atoms with Crippen molar-refractivity contribution in [2.75, 3.05) is 0 Å². The van der Waals surface area contributed by atoms with Crippen molar-refractivity contribution in [2.24, 2.45) is 0 Å². The first-order chi connectivity index (χ1) is 12.8. The summed E-state index contributed by atoms with van der Waals surface area (Å²) in [5, 5.41) is 14.0. The highest BCUT2D eigenvalue weighted by Crippen LogP contribution is 2.35. The standard InChI is InChI=1S/C20H23F3N2O2/c1-3-5-6-7-12-15-18(19(26)27)17(10-4-2)25(24-15)16-13-9-8-11-14(16)20(21,22)23/h5-6,8-9,11,13H,3-4,7,10,12H2,1-2H3,(H,26,27)/b6-5-. The molecule has 1 N–H and O–H groups in total. The molecule has 0 fully saturated rings. The number of hydrogen-bond acceptors (Lipinski definition) is 2. The second-order valence-corrected chi connectivity index (χ2v) is 6.17. The Kier molecular flexibility index (Phi) is 6.82. The molecular formula is C20H23F3N2O2. The fourth-order valence-corrected chi connectivity index (χ4v) is 2.99. The van der Waals surface area contributed by atoms with E-state index in [4.69, 9.17) is 0 Å². The number of benzene rings is 1. The Morgan fingerprint density at radius 2 is 1.89 bits per heavy atom. The van der Waals surface area contributed by atoms with E-state index in [2.05, 4.69) is 5.10 Å². The Morgan fingerprint density at radius 3 is 2.48 bits per heavy atom. The average Bonchev–Trinajstić information content (AvgIpc) is 2.97. The van der Waals surface area contributed by atoms with Gasteiger partial charge in [-0.2, -0.15) is 18.3 Å². The van der Waals surface area contributed by atoms with Crippen LogP contribution in [-0.4, -0.2) is 20.9 Å². The Morgan fingerprint density at radius 1 is 1.19 bits per heavy atom. The predicted molar refractivity (Wildman–Crippen MR) is 97.3 cm³/mol. The Hall–Kier alpha value is -2.57. The first-order valence-corrected chi connectivity index (χ1v) is 8.96. The van der Waals surface area contributed by atoms with Crippen molar-refractivity contribution in [3.63, 3.8) is 0 Å². The van der Waals surface area contributed by atoms with Crippen LogP contribution in [-0.2, 0) is 19.0 Å². The SMILES string of the molecule is CC/C=C\CCc1nn(-c2ccccc2C(F)(F)F)c(CCC)c1C(=O)O. The quantitative estimate of drug-likeness (QED) is 0.621. The molecule has 27 heavy (non-hydrogen) atoms. The summed E-state index contributed by atoms with van der Waals surface area (Å²) < 4.78 is 41.5. The van der Waals surface area contributed by atoms with E-state index in [1.54, 1.807) is 0 Å². The van der Waals surface area contributed by atoms with Crippen LogP contribution in [0.3, 0.4) is 0 Å². The number of aromatic nitrogens is 2. The molecule has 7 heteroatoms. The van der Waals surface area contributed by atoms with Gasteiger partial charge in [-0.1, -0.05) is 44.6 Å². The molecule has 0 bridgehead atoms. The van der Waals surface area contributed by atoms with E-state index in [-0.39, 0.29) is 11.3 Å². The average molecular weight is 380 g/mol. The van der Waals surface area contributed by atoms with Crippen LogP contribution in [0.25, 0.3) is 5.69 Å². The van der Waals surface area contributed by atoms with Crippen molar-refractivity contribution >= 4 is 5.97 Å². The van der Waals surface area contributed by atoms with Crippen LogP contribution in [0.5, 0.6) is 0 Å². The van der Waals surface area contributed by atoms with E-state index in [0.29, 0.717) is 37.1 Å². The van der Waals surface area contributed by atoms with Crippen LogP contribution >= 0.6 is 0 Å². The number of carboxylic acids is 1. The highest BCUT2D eigenvalue weighted by molar-refractivity contribution is 5.90. The van der Waals surface area contributed by atoms with Gasteiger partial charge in [0, 0.05) is 0 Å². The van der Waals surface area contributed by atoms with E-state index in [0.717, 1.165) is 17.2 Å². The van der Waals surface area contributed by atoms with Gasteiger partial charge in [0.2, 0.25) is 0 Å². The molecule has 0 atom stereocenters. The van der Waals surface area contributed by atoms with Gasteiger partial charge in [0.15, 0.2) is 0 Å². The molecule has 1 aromatic carbocycles. The summed E-state index contributed by atoms with van der Waals surface area (Å²) in [5.41, 5.74) is -0.357. The van der Waals surface area contributed by atoms with Gasteiger partial charge in [-0.05, 0) is 37.8 Å². The van der Waals surface area contributed by atoms with E-state index in [1.165, 1.54) is 18.2 Å². The van der Waals surface area contributed by atoms with Crippen LogP contribution in [0, 0.1) is 0 Å². The first-order valence-electron chi connectivity index (χ1n) is 8.96. The molecule has 0 aliphatic heterocycles. The zero-order valence-electron chi connectivity index (χ0n) is 15.4. The van der Waals surface area contributed by atoms with Crippen molar-refractivity contribution in [1.82, 2.24) is 9.78 Å². The number of carbonyl (C=O) groups is 1. The maximum Gasteiger partial charge on any atom is 0.418 e. The van der Waals surface area contributed by atoms with Gasteiger partial charge in [0.1, 0.15) is 5.56 Å². The Bertz CT molecular complexity index is 823. The molecule has 0 spiro atoms. The van der Waals surface area contributed by atoms with Crippen LogP contribution in [0.1, 0.15) is 60.4 Å². The molecule has 1 aromatic heterocycles. The highest BCUT2D eigenvalue weighted by Gasteiger charge is 2.35. The summed E-state index contributed by atoms with van der Waals surface area (Å²) in [6, 6.07) is 5.11. The number of halogens is 3. The Balaban J connectivity index is 2.63. The number of hydrogen-bond donors (Lipinski definition) is 1. The molecule has 0 unspecified atom stereocenters. The maximum atomic E-state index is 13.4. The van der Waals surface area contributed by atoms with Gasteiger partial charge < -0.3 is 5.11 Å². The summed E-state index contributed by atoms with van der Waals surface area (Å²) in [4.78, 5) is 11.8. The summed E-state index contributed by atoms with van der Waals surface area (Å²) >= 11 is 0. The lowest BCUT2D eigenvalue weighted by Gasteiger charge is -2.14. The number of aryl methyl sites for hydroxylation is 1. The van der Waals surface area contributed by atoms with Gasteiger partial charge in [-0.15, -0.1) is 0 Å². The number of allylic oxidation sites excluding steroid dienone is 2. The molecule has 0 amide bonds. The van der Waals surface area contributed by atoms with Crippen molar-refractivity contribution in [1.29, 1.82) is 0 Å². The number of aromatic carboxylic acids is 1. The third-order valence-corrected chi connectivity index (χ3v) is 4.14. The minimum atomic E-state index is -4.56. The van der Waals surface area contributed by atoms with E-state index in [9.17, 15) is 23.1 Å². The van der Waals surface area contributed by atoms with Crippen molar-refractivity contribution in [3.05, 3.63) is 58.9 Å². The molecule has 0 aliphatic carbocycles. The van der Waals surface area contributed by atoms with Crippen molar-refractivity contribution in [3.8, 4) is 5.69 Å². The van der Waals surface area contributed by atoms with Crippen molar-refractivity contribution in [2.45, 2.75) is 52.1 Å². The molecule has 0 aliphatic rings. The highest BCUT2D eigenvalue weighted by atomic mass is 19.4. The summed E-state index contributed by atoms with van der Waals surface area (Å²) in [6.07, 6.45) is 2.05. The monoisotopic (exact) mass is 380 g/mol. The number of nitrogens with zero attached hydrogens (tertiary/aromatic N) is 2. The first kappa shape index (κ1) is 20.7.